The van der Waals surface area contributed by atoms with Gasteiger partial charge in [-0.15, -0.1) is 0 Å². The van der Waals surface area contributed by atoms with Crippen molar-refractivity contribution in [2.45, 2.75) is 32.2 Å². The molecule has 1 atom stereocenters. The van der Waals surface area contributed by atoms with Gasteiger partial charge in [0, 0.05) is 18.7 Å². The quantitative estimate of drug-likeness (QED) is 0.447. The minimum absolute atomic E-state index is 0.136. The van der Waals surface area contributed by atoms with Crippen LogP contribution >= 0.6 is 0 Å². The highest BCUT2D eigenvalue weighted by atomic mass is 19.1. The number of nitrogens with zero attached hydrogens (tertiary/aromatic N) is 5. The molecule has 0 amide bonds. The zero-order valence-corrected chi connectivity index (χ0v) is 18.1. The van der Waals surface area contributed by atoms with Crippen molar-refractivity contribution in [1.82, 2.24) is 24.3 Å². The first kappa shape index (κ1) is 20.2. The largest absolute Gasteiger partial charge is 0.495 e. The monoisotopic (exact) mass is 429 g/mol. The molecule has 2 aromatic carbocycles. The Kier molecular flexibility index (Phi) is 5.31. The topological polar surface area (TPSA) is 57.8 Å². The van der Waals surface area contributed by atoms with E-state index < -0.39 is 0 Å². The Hall–Kier alpha value is -3.74. The Morgan fingerprint density at radius 1 is 1.12 bits per heavy atom. The molecule has 7 heteroatoms. The molecule has 32 heavy (non-hydrogen) atoms. The lowest BCUT2D eigenvalue weighted by atomic mass is 9.91. The molecule has 4 aromatic rings. The number of imidazole rings is 1. The minimum Gasteiger partial charge on any atom is -0.495 e. The van der Waals surface area contributed by atoms with E-state index >= 15 is 0 Å². The Morgan fingerprint density at radius 3 is 2.72 bits per heavy atom. The summed E-state index contributed by atoms with van der Waals surface area (Å²) in [6.07, 6.45) is 9.65. The molecule has 0 radical (unpaired) electrons. The normalized spacial score (nSPS) is 15.8. The third-order valence-electron chi connectivity index (χ3n) is 5.78. The summed E-state index contributed by atoms with van der Waals surface area (Å²) in [4.78, 5) is 9.07. The minimum atomic E-state index is -0.223. The van der Waals surface area contributed by atoms with Gasteiger partial charge in [-0.05, 0) is 61.2 Å². The van der Waals surface area contributed by atoms with Gasteiger partial charge in [0.05, 0.1) is 24.8 Å². The highest BCUT2D eigenvalue weighted by Gasteiger charge is 2.25. The van der Waals surface area contributed by atoms with Crippen LogP contribution in [-0.2, 0) is 6.54 Å². The van der Waals surface area contributed by atoms with Gasteiger partial charge in [0.2, 0.25) is 0 Å². The zero-order chi connectivity index (χ0) is 22.1. The number of benzene rings is 2. The van der Waals surface area contributed by atoms with E-state index in [2.05, 4.69) is 10.1 Å². The molecule has 0 aliphatic carbocycles. The first-order valence-corrected chi connectivity index (χ1v) is 10.7. The number of hydrogen-bond donors (Lipinski definition) is 0. The fraction of sp³-hybridized carbons (Fsp3) is 0.240. The molecule has 1 aliphatic heterocycles. The summed E-state index contributed by atoms with van der Waals surface area (Å²) < 4.78 is 22.9. The van der Waals surface area contributed by atoms with Crippen molar-refractivity contribution in [3.63, 3.8) is 0 Å². The number of methoxy groups -OCH3 is 1. The van der Waals surface area contributed by atoms with Crippen LogP contribution in [0.4, 0.5) is 4.39 Å². The molecule has 0 bridgehead atoms. The van der Waals surface area contributed by atoms with Crippen LogP contribution in [0.5, 0.6) is 5.75 Å². The number of halogens is 1. The van der Waals surface area contributed by atoms with Crippen molar-refractivity contribution in [1.29, 1.82) is 0 Å². The number of fused-ring (bicyclic) bond motifs is 1. The molecule has 0 unspecified atom stereocenters. The van der Waals surface area contributed by atoms with Crippen LogP contribution in [-0.4, -0.2) is 31.4 Å². The highest BCUT2D eigenvalue weighted by Crippen LogP contribution is 2.32. The van der Waals surface area contributed by atoms with E-state index in [0.717, 1.165) is 53.5 Å². The third-order valence-corrected chi connectivity index (χ3v) is 5.78. The van der Waals surface area contributed by atoms with E-state index in [-0.39, 0.29) is 11.7 Å². The lowest BCUT2D eigenvalue weighted by Gasteiger charge is -2.22. The molecule has 3 heterocycles. The van der Waals surface area contributed by atoms with Crippen LogP contribution in [0.25, 0.3) is 17.8 Å². The Balaban J connectivity index is 1.40. The molecule has 1 aliphatic rings. The van der Waals surface area contributed by atoms with Gasteiger partial charge < -0.3 is 9.30 Å². The van der Waals surface area contributed by atoms with Gasteiger partial charge >= 0.3 is 0 Å². The second kappa shape index (κ2) is 8.42. The summed E-state index contributed by atoms with van der Waals surface area (Å²) in [6.45, 7) is 2.80. The van der Waals surface area contributed by atoms with Crippen molar-refractivity contribution >= 4 is 12.2 Å². The van der Waals surface area contributed by atoms with Crippen LogP contribution in [0.2, 0.25) is 0 Å². The van der Waals surface area contributed by atoms with Crippen molar-refractivity contribution in [3.05, 3.63) is 89.3 Å². The number of ether oxygens (including phenoxy) is 1. The average molecular weight is 429 g/mol. The number of aryl methyl sites for hydroxylation is 2. The Morgan fingerprint density at radius 2 is 1.97 bits per heavy atom. The molecule has 0 saturated carbocycles. The molecule has 0 N–H and O–H groups in total. The van der Waals surface area contributed by atoms with Crippen molar-refractivity contribution in [2.24, 2.45) is 0 Å². The van der Waals surface area contributed by atoms with Gasteiger partial charge in [-0.25, -0.2) is 19.0 Å². The molecule has 0 spiro atoms. The first-order chi connectivity index (χ1) is 15.6. The van der Waals surface area contributed by atoms with Crippen LogP contribution in [0.15, 0.2) is 55.0 Å². The van der Waals surface area contributed by atoms with Gasteiger partial charge in [-0.2, -0.15) is 5.10 Å². The lowest BCUT2D eigenvalue weighted by Crippen LogP contribution is -2.17. The second-order valence-electron chi connectivity index (χ2n) is 7.98. The SMILES string of the molecule is COc1cc(C=Cc2nc3n(n2)CCC[C@H]3c2ccc(F)cc2)ccc1-n1cnc(C)c1. The van der Waals surface area contributed by atoms with E-state index in [9.17, 15) is 4.39 Å². The van der Waals surface area contributed by atoms with E-state index in [1.54, 1.807) is 13.4 Å². The predicted octanol–water partition coefficient (Wildman–Crippen LogP) is 5.02. The standard InChI is InChI=1S/C25H24FN5O/c1-17-15-30(16-27-17)22-11-5-18(14-23(22)32-2)6-12-24-28-25-21(4-3-13-31(25)29-24)19-7-9-20(26)10-8-19/h5-12,14-16,21H,3-4,13H2,1-2H3/t21-/m0/s1. The van der Waals surface area contributed by atoms with E-state index in [1.807, 2.05) is 64.9 Å². The van der Waals surface area contributed by atoms with Gasteiger partial charge in [0.25, 0.3) is 0 Å². The molecule has 2 aromatic heterocycles. The summed E-state index contributed by atoms with van der Waals surface area (Å²) in [5.74, 6) is 2.28. The fourth-order valence-electron chi connectivity index (χ4n) is 4.19. The lowest BCUT2D eigenvalue weighted by molar-refractivity contribution is 0.413. The highest BCUT2D eigenvalue weighted by molar-refractivity contribution is 5.69. The summed E-state index contributed by atoms with van der Waals surface area (Å²) in [5.41, 5.74) is 3.95. The Bertz CT molecular complexity index is 1270. The number of aromatic nitrogens is 5. The molecule has 162 valence electrons. The third kappa shape index (κ3) is 3.93. The van der Waals surface area contributed by atoms with E-state index in [0.29, 0.717) is 5.82 Å². The molecule has 0 saturated heterocycles. The first-order valence-electron chi connectivity index (χ1n) is 10.7. The van der Waals surface area contributed by atoms with Crippen LogP contribution < -0.4 is 4.74 Å². The Labute approximate surface area is 186 Å². The van der Waals surface area contributed by atoms with E-state index in [1.165, 1.54) is 12.1 Å². The number of rotatable bonds is 5. The molecule has 0 fully saturated rings. The van der Waals surface area contributed by atoms with Crippen LogP contribution in [0.1, 0.15) is 47.2 Å². The van der Waals surface area contributed by atoms with Gasteiger partial charge in [-0.3, -0.25) is 0 Å². The maximum atomic E-state index is 13.3. The summed E-state index contributed by atoms with van der Waals surface area (Å²) >= 11 is 0. The zero-order valence-electron chi connectivity index (χ0n) is 18.1. The average Bonchev–Trinajstić information content (AvgIpc) is 3.43. The molecule has 6 nitrogen and oxygen atoms in total. The summed E-state index contributed by atoms with van der Waals surface area (Å²) in [7, 11) is 1.66. The maximum absolute atomic E-state index is 13.3. The van der Waals surface area contributed by atoms with Crippen molar-refractivity contribution in [2.75, 3.05) is 7.11 Å². The second-order valence-corrected chi connectivity index (χ2v) is 7.98. The van der Waals surface area contributed by atoms with Crippen molar-refractivity contribution < 1.29 is 9.13 Å². The fourth-order valence-corrected chi connectivity index (χ4v) is 4.19. The number of hydrogen-bond acceptors (Lipinski definition) is 4. The maximum Gasteiger partial charge on any atom is 0.174 e. The summed E-state index contributed by atoms with van der Waals surface area (Å²) in [6, 6.07) is 12.7. The van der Waals surface area contributed by atoms with Crippen molar-refractivity contribution in [3.8, 4) is 11.4 Å². The van der Waals surface area contributed by atoms with E-state index in [4.69, 9.17) is 9.72 Å². The molecular formula is C25H24FN5O. The summed E-state index contributed by atoms with van der Waals surface area (Å²) in [5, 5.41) is 4.67. The molecule has 5 rings (SSSR count). The van der Waals surface area contributed by atoms with Gasteiger partial charge in [0.1, 0.15) is 17.4 Å². The van der Waals surface area contributed by atoms with Gasteiger partial charge in [-0.1, -0.05) is 24.3 Å². The molecular weight excluding hydrogens is 405 g/mol. The van der Waals surface area contributed by atoms with Gasteiger partial charge in [0.15, 0.2) is 5.82 Å². The smallest absolute Gasteiger partial charge is 0.174 e. The predicted molar refractivity (Wildman–Crippen MR) is 121 cm³/mol. The van der Waals surface area contributed by atoms with Crippen LogP contribution in [0, 0.1) is 12.7 Å². The van der Waals surface area contributed by atoms with Crippen LogP contribution in [0.3, 0.4) is 0 Å².